The van der Waals surface area contributed by atoms with Gasteiger partial charge < -0.3 is 5.32 Å². The standard InChI is InChI=1S/C20H32N2O2/c1-19(2,3)17(23)11-15-16(12-18(24)20(4,5)6)22-14-10-8-7-9-13(14)21-15/h11,13-14,21H,7-10,12H2,1-6H3/b15-11-/t13-,14+/m0/s1. The molecule has 2 rings (SSSR count). The van der Waals surface area contributed by atoms with Crippen molar-refractivity contribution in [2.75, 3.05) is 0 Å². The molecule has 1 saturated carbocycles. The fraction of sp³-hybridized carbons (Fsp3) is 0.750. The van der Waals surface area contributed by atoms with Crippen molar-refractivity contribution in [3.05, 3.63) is 11.8 Å². The molecule has 1 aliphatic carbocycles. The molecule has 1 N–H and O–H groups in total. The van der Waals surface area contributed by atoms with Gasteiger partial charge in [0.05, 0.1) is 23.9 Å². The topological polar surface area (TPSA) is 58.5 Å². The van der Waals surface area contributed by atoms with Crippen LogP contribution in [0.25, 0.3) is 0 Å². The molecule has 4 heteroatoms. The fourth-order valence-corrected chi connectivity index (χ4v) is 3.02. The second kappa shape index (κ2) is 6.81. The molecule has 0 aromatic heterocycles. The largest absolute Gasteiger partial charge is 0.379 e. The molecule has 134 valence electrons. The van der Waals surface area contributed by atoms with Crippen molar-refractivity contribution in [2.45, 2.75) is 85.7 Å². The van der Waals surface area contributed by atoms with Crippen molar-refractivity contribution >= 4 is 17.3 Å². The lowest BCUT2D eigenvalue weighted by Crippen LogP contribution is -2.47. The quantitative estimate of drug-likeness (QED) is 0.799. The Balaban J connectivity index is 2.32. The highest BCUT2D eigenvalue weighted by Crippen LogP contribution is 2.28. The maximum atomic E-state index is 12.5. The van der Waals surface area contributed by atoms with Crippen molar-refractivity contribution in [1.82, 2.24) is 5.32 Å². The first-order valence-corrected chi connectivity index (χ1v) is 9.11. The highest BCUT2D eigenvalue weighted by atomic mass is 16.1. The molecule has 0 spiro atoms. The maximum Gasteiger partial charge on any atom is 0.163 e. The lowest BCUT2D eigenvalue weighted by atomic mass is 9.84. The van der Waals surface area contributed by atoms with E-state index < -0.39 is 10.8 Å². The monoisotopic (exact) mass is 332 g/mol. The van der Waals surface area contributed by atoms with Crippen LogP contribution in [0, 0.1) is 10.8 Å². The Morgan fingerprint density at radius 3 is 2.29 bits per heavy atom. The van der Waals surface area contributed by atoms with Crippen molar-refractivity contribution in [3.8, 4) is 0 Å². The Bertz CT molecular complexity index is 573. The lowest BCUT2D eigenvalue weighted by Gasteiger charge is -2.36. The minimum atomic E-state index is -0.433. The number of carbonyl (C=O) groups is 2. The zero-order valence-electron chi connectivity index (χ0n) is 16.0. The third kappa shape index (κ3) is 4.55. The number of fused-ring (bicyclic) bond motifs is 1. The van der Waals surface area contributed by atoms with Crippen LogP contribution in [0.15, 0.2) is 16.8 Å². The number of hydrogen-bond acceptors (Lipinski definition) is 4. The predicted octanol–water partition coefficient (Wildman–Crippen LogP) is 3.85. The van der Waals surface area contributed by atoms with E-state index >= 15 is 0 Å². The Morgan fingerprint density at radius 2 is 1.71 bits per heavy atom. The van der Waals surface area contributed by atoms with Crippen LogP contribution in [-0.2, 0) is 9.59 Å². The molecule has 0 aromatic rings. The van der Waals surface area contributed by atoms with E-state index in [-0.39, 0.29) is 17.6 Å². The van der Waals surface area contributed by atoms with E-state index in [2.05, 4.69) is 5.32 Å². The normalized spacial score (nSPS) is 26.4. The number of nitrogens with one attached hydrogen (secondary N) is 1. The summed E-state index contributed by atoms with van der Waals surface area (Å²) in [5, 5.41) is 3.52. The van der Waals surface area contributed by atoms with Gasteiger partial charge in [-0.05, 0) is 12.8 Å². The SMILES string of the molecule is CC(C)(C)C(=O)/C=C1\N[C@H]2CCCC[C@H]2N=C1CC(=O)C(C)(C)C. The van der Waals surface area contributed by atoms with E-state index in [1.807, 2.05) is 41.5 Å². The van der Waals surface area contributed by atoms with Gasteiger partial charge in [-0.3, -0.25) is 14.6 Å². The fourth-order valence-electron chi connectivity index (χ4n) is 3.02. The Morgan fingerprint density at radius 1 is 1.08 bits per heavy atom. The summed E-state index contributed by atoms with van der Waals surface area (Å²) in [4.78, 5) is 29.9. The van der Waals surface area contributed by atoms with E-state index in [1.165, 1.54) is 12.8 Å². The van der Waals surface area contributed by atoms with Crippen LogP contribution >= 0.6 is 0 Å². The summed E-state index contributed by atoms with van der Waals surface area (Å²) in [5.74, 6) is 0.224. The van der Waals surface area contributed by atoms with Crippen molar-refractivity contribution < 1.29 is 9.59 Å². The van der Waals surface area contributed by atoms with Crippen LogP contribution < -0.4 is 5.32 Å². The van der Waals surface area contributed by atoms with Crippen molar-refractivity contribution in [2.24, 2.45) is 15.8 Å². The number of aliphatic imine (C=N–C) groups is 1. The molecule has 0 bridgehead atoms. The number of Topliss-reactive ketones (excluding diaryl/α,β-unsaturated/α-hetero) is 1. The molecule has 0 radical (unpaired) electrons. The molecule has 1 heterocycles. The molecule has 1 fully saturated rings. The van der Waals surface area contributed by atoms with Crippen molar-refractivity contribution in [1.29, 1.82) is 0 Å². The minimum Gasteiger partial charge on any atom is -0.379 e. The molecule has 2 atom stereocenters. The van der Waals surface area contributed by atoms with Gasteiger partial charge in [0.1, 0.15) is 5.78 Å². The number of ketones is 2. The second-order valence-corrected chi connectivity index (χ2v) is 9.20. The number of hydrogen-bond donors (Lipinski definition) is 1. The van der Waals surface area contributed by atoms with Gasteiger partial charge in [-0.1, -0.05) is 54.4 Å². The summed E-state index contributed by atoms with van der Waals surface area (Å²) >= 11 is 0. The number of nitrogens with zero attached hydrogens (tertiary/aromatic N) is 1. The third-order valence-electron chi connectivity index (χ3n) is 4.88. The molecular weight excluding hydrogens is 300 g/mol. The zero-order valence-corrected chi connectivity index (χ0v) is 16.0. The molecular formula is C20H32N2O2. The smallest absolute Gasteiger partial charge is 0.163 e. The minimum absolute atomic E-state index is 0.0650. The summed E-state index contributed by atoms with van der Waals surface area (Å²) in [6, 6.07) is 0.537. The van der Waals surface area contributed by atoms with Crippen LogP contribution in [0.1, 0.15) is 73.6 Å². The zero-order chi connectivity index (χ0) is 18.1. The number of rotatable bonds is 3. The maximum absolute atomic E-state index is 12.5. The molecule has 0 amide bonds. The summed E-state index contributed by atoms with van der Waals surface area (Å²) < 4.78 is 0. The van der Waals surface area contributed by atoms with Gasteiger partial charge in [-0.25, -0.2) is 0 Å². The first kappa shape index (κ1) is 18.9. The van der Waals surface area contributed by atoms with E-state index in [1.54, 1.807) is 6.08 Å². The van der Waals surface area contributed by atoms with E-state index in [0.29, 0.717) is 12.5 Å². The first-order chi connectivity index (χ1) is 11.0. The van der Waals surface area contributed by atoms with Crippen molar-refractivity contribution in [3.63, 3.8) is 0 Å². The Labute approximate surface area is 146 Å². The Kier molecular flexibility index (Phi) is 5.36. The number of allylic oxidation sites excluding steroid dienone is 2. The van der Waals surface area contributed by atoms with Crippen LogP contribution in [0.5, 0.6) is 0 Å². The summed E-state index contributed by atoms with van der Waals surface area (Å²) in [6.45, 7) is 11.5. The molecule has 0 unspecified atom stereocenters. The molecule has 0 saturated heterocycles. The Hall–Kier alpha value is -1.45. The van der Waals surface area contributed by atoms with Crippen LogP contribution in [0.2, 0.25) is 0 Å². The average molecular weight is 332 g/mol. The third-order valence-corrected chi connectivity index (χ3v) is 4.88. The summed E-state index contributed by atoms with van der Waals surface area (Å²) in [6.07, 6.45) is 6.48. The highest BCUT2D eigenvalue weighted by Gasteiger charge is 2.33. The number of carbonyl (C=O) groups excluding carboxylic acids is 2. The molecule has 2 aliphatic rings. The van der Waals surface area contributed by atoms with E-state index in [0.717, 1.165) is 24.3 Å². The molecule has 4 nitrogen and oxygen atoms in total. The van der Waals surface area contributed by atoms with Gasteiger partial charge in [0.25, 0.3) is 0 Å². The van der Waals surface area contributed by atoms with Crippen LogP contribution in [0.4, 0.5) is 0 Å². The van der Waals surface area contributed by atoms with Gasteiger partial charge >= 0.3 is 0 Å². The summed E-state index contributed by atoms with van der Waals surface area (Å²) in [5.41, 5.74) is 0.689. The van der Waals surface area contributed by atoms with Crippen LogP contribution in [-0.4, -0.2) is 29.4 Å². The van der Waals surface area contributed by atoms with Gasteiger partial charge in [-0.15, -0.1) is 0 Å². The predicted molar refractivity (Wildman–Crippen MR) is 98.2 cm³/mol. The van der Waals surface area contributed by atoms with Gasteiger partial charge in [-0.2, -0.15) is 0 Å². The average Bonchev–Trinajstić information content (AvgIpc) is 2.45. The van der Waals surface area contributed by atoms with Gasteiger partial charge in [0, 0.05) is 22.9 Å². The van der Waals surface area contributed by atoms with Crippen LogP contribution in [0.3, 0.4) is 0 Å². The second-order valence-electron chi connectivity index (χ2n) is 9.20. The molecule has 0 aromatic carbocycles. The van der Waals surface area contributed by atoms with E-state index in [9.17, 15) is 9.59 Å². The summed E-state index contributed by atoms with van der Waals surface area (Å²) in [7, 11) is 0. The van der Waals surface area contributed by atoms with Gasteiger partial charge in [0.15, 0.2) is 5.78 Å². The van der Waals surface area contributed by atoms with E-state index in [4.69, 9.17) is 4.99 Å². The molecule has 1 aliphatic heterocycles. The lowest BCUT2D eigenvalue weighted by molar-refractivity contribution is -0.125. The highest BCUT2D eigenvalue weighted by molar-refractivity contribution is 6.14. The van der Waals surface area contributed by atoms with Gasteiger partial charge in [0.2, 0.25) is 0 Å². The first-order valence-electron chi connectivity index (χ1n) is 9.11. The molecule has 24 heavy (non-hydrogen) atoms.